The fourth-order valence-corrected chi connectivity index (χ4v) is 4.75. The van der Waals surface area contributed by atoms with E-state index in [4.69, 9.17) is 0 Å². The van der Waals surface area contributed by atoms with Crippen LogP contribution in [0.2, 0.25) is 0 Å². The summed E-state index contributed by atoms with van der Waals surface area (Å²) in [6.45, 7) is 0. The molecule has 21 heavy (non-hydrogen) atoms. The second-order valence-corrected chi connectivity index (χ2v) is 8.90. The molecule has 1 saturated carbocycles. The number of halogens is 1. The van der Waals surface area contributed by atoms with Crippen molar-refractivity contribution >= 4 is 27.4 Å². The Bertz CT molecular complexity index is 613. The third-order valence-corrected chi connectivity index (χ3v) is 6.52. The molecule has 2 unspecified atom stereocenters. The van der Waals surface area contributed by atoms with Crippen molar-refractivity contribution in [2.75, 3.05) is 12.0 Å². The smallest absolute Gasteiger partial charge is 0.150 e. The Labute approximate surface area is 129 Å². The average molecular weight is 330 g/mol. The molecular formula is C15H19FO3S2. The Hall–Kier alpha value is -0.880. The fourth-order valence-electron chi connectivity index (χ4n) is 2.66. The Morgan fingerprint density at radius 3 is 2.81 bits per heavy atom. The van der Waals surface area contributed by atoms with Gasteiger partial charge >= 0.3 is 0 Å². The first-order chi connectivity index (χ1) is 9.86. The van der Waals surface area contributed by atoms with E-state index in [0.29, 0.717) is 12.8 Å². The van der Waals surface area contributed by atoms with E-state index in [2.05, 4.69) is 0 Å². The third kappa shape index (κ3) is 4.81. The van der Waals surface area contributed by atoms with Gasteiger partial charge in [0.05, 0.1) is 11.0 Å². The molecule has 0 spiro atoms. The minimum atomic E-state index is -3.07. The molecule has 0 aliphatic heterocycles. The maximum absolute atomic E-state index is 13.1. The lowest BCUT2D eigenvalue weighted by Gasteiger charge is -2.26. The van der Waals surface area contributed by atoms with E-state index in [1.807, 2.05) is 0 Å². The monoisotopic (exact) mass is 330 g/mol. The summed E-state index contributed by atoms with van der Waals surface area (Å²) in [5.41, 5.74) is 0. The summed E-state index contributed by atoms with van der Waals surface area (Å²) in [5, 5.41) is -0.389. The maximum atomic E-state index is 13.1. The van der Waals surface area contributed by atoms with Crippen LogP contribution in [0.5, 0.6) is 0 Å². The summed E-state index contributed by atoms with van der Waals surface area (Å²) >= 11 is 1.31. The van der Waals surface area contributed by atoms with Crippen LogP contribution in [0.3, 0.4) is 0 Å². The van der Waals surface area contributed by atoms with Gasteiger partial charge in [0, 0.05) is 17.1 Å². The standard InChI is InChI=1S/C15H19FO3S2/c1-21(18,19)14-7-2-4-11(8-14)15(17)10-20-13-6-3-5-12(16)9-13/h3,5-6,9,11,14H,2,4,7-8,10H2,1H3. The van der Waals surface area contributed by atoms with Crippen molar-refractivity contribution in [3.63, 3.8) is 0 Å². The van der Waals surface area contributed by atoms with Gasteiger partial charge in [-0.2, -0.15) is 0 Å². The van der Waals surface area contributed by atoms with Crippen LogP contribution in [0.1, 0.15) is 25.7 Å². The van der Waals surface area contributed by atoms with E-state index in [1.54, 1.807) is 12.1 Å². The number of sulfone groups is 1. The average Bonchev–Trinajstić information content (AvgIpc) is 2.44. The minimum absolute atomic E-state index is 0.0672. The molecule has 3 nitrogen and oxygen atoms in total. The zero-order valence-electron chi connectivity index (χ0n) is 11.9. The summed E-state index contributed by atoms with van der Waals surface area (Å²) in [5.74, 6) is -0.163. The highest BCUT2D eigenvalue weighted by Crippen LogP contribution is 2.30. The second-order valence-electron chi connectivity index (χ2n) is 5.53. The van der Waals surface area contributed by atoms with Crippen LogP contribution in [0.15, 0.2) is 29.2 Å². The van der Waals surface area contributed by atoms with E-state index in [0.717, 1.165) is 17.7 Å². The third-order valence-electron chi connectivity index (χ3n) is 3.86. The number of thioether (sulfide) groups is 1. The first-order valence-corrected chi connectivity index (χ1v) is 9.90. The van der Waals surface area contributed by atoms with Crippen LogP contribution in [0.4, 0.5) is 4.39 Å². The molecule has 6 heteroatoms. The lowest BCUT2D eigenvalue weighted by Crippen LogP contribution is -2.31. The van der Waals surface area contributed by atoms with Crippen molar-refractivity contribution < 1.29 is 17.6 Å². The van der Waals surface area contributed by atoms with Gasteiger partial charge in [-0.25, -0.2) is 12.8 Å². The molecular weight excluding hydrogens is 311 g/mol. The minimum Gasteiger partial charge on any atom is -0.298 e. The van der Waals surface area contributed by atoms with Crippen molar-refractivity contribution in [1.29, 1.82) is 0 Å². The molecule has 1 aliphatic rings. The van der Waals surface area contributed by atoms with Gasteiger partial charge < -0.3 is 0 Å². The Morgan fingerprint density at radius 1 is 1.38 bits per heavy atom. The van der Waals surface area contributed by atoms with Crippen LogP contribution in [-0.2, 0) is 14.6 Å². The molecule has 0 bridgehead atoms. The van der Waals surface area contributed by atoms with Crippen LogP contribution < -0.4 is 0 Å². The van der Waals surface area contributed by atoms with Crippen molar-refractivity contribution in [1.82, 2.24) is 0 Å². The predicted molar refractivity (Wildman–Crippen MR) is 82.7 cm³/mol. The van der Waals surface area contributed by atoms with Gasteiger partial charge in [0.15, 0.2) is 0 Å². The molecule has 0 heterocycles. The normalized spacial score (nSPS) is 23.0. The first kappa shape index (κ1) is 16.5. The lowest BCUT2D eigenvalue weighted by molar-refractivity contribution is -0.121. The molecule has 116 valence electrons. The van der Waals surface area contributed by atoms with Crippen LogP contribution >= 0.6 is 11.8 Å². The van der Waals surface area contributed by atoms with Crippen LogP contribution in [-0.4, -0.2) is 31.5 Å². The largest absolute Gasteiger partial charge is 0.298 e. The number of hydrogen-bond donors (Lipinski definition) is 0. The molecule has 1 fully saturated rings. The SMILES string of the molecule is CS(=O)(=O)C1CCCC(C(=O)CSc2cccc(F)c2)C1. The van der Waals surface area contributed by atoms with Crippen molar-refractivity contribution in [3.8, 4) is 0 Å². The maximum Gasteiger partial charge on any atom is 0.150 e. The number of ketones is 1. The molecule has 0 saturated heterocycles. The molecule has 0 amide bonds. The van der Waals surface area contributed by atoms with Crippen LogP contribution in [0.25, 0.3) is 0 Å². The van der Waals surface area contributed by atoms with Crippen molar-refractivity contribution in [2.24, 2.45) is 5.92 Å². The molecule has 1 aromatic rings. The second kappa shape index (κ2) is 6.92. The number of carbonyl (C=O) groups is 1. The zero-order valence-corrected chi connectivity index (χ0v) is 13.6. The van der Waals surface area contributed by atoms with Gasteiger partial charge in [0.25, 0.3) is 0 Å². The highest BCUT2D eigenvalue weighted by molar-refractivity contribution is 8.00. The van der Waals surface area contributed by atoms with E-state index in [-0.39, 0.29) is 28.5 Å². The predicted octanol–water partition coefficient (Wildman–Crippen LogP) is 3.09. The summed E-state index contributed by atoms with van der Waals surface area (Å²) in [6.07, 6.45) is 3.86. The number of Topliss-reactive ketones (excluding diaryl/α,β-unsaturated/α-hetero) is 1. The first-order valence-electron chi connectivity index (χ1n) is 6.96. The summed E-state index contributed by atoms with van der Waals surface area (Å²) in [7, 11) is -3.07. The summed E-state index contributed by atoms with van der Waals surface area (Å²) < 4.78 is 36.3. The number of carbonyl (C=O) groups excluding carboxylic acids is 1. The molecule has 0 N–H and O–H groups in total. The quantitative estimate of drug-likeness (QED) is 0.779. The van der Waals surface area contributed by atoms with E-state index in [1.165, 1.54) is 30.2 Å². The highest BCUT2D eigenvalue weighted by atomic mass is 32.2. The molecule has 1 aromatic carbocycles. The van der Waals surface area contributed by atoms with Gasteiger partial charge in [-0.05, 0) is 37.5 Å². The van der Waals surface area contributed by atoms with E-state index in [9.17, 15) is 17.6 Å². The Morgan fingerprint density at radius 2 is 2.14 bits per heavy atom. The number of hydrogen-bond acceptors (Lipinski definition) is 4. The Balaban J connectivity index is 1.91. The van der Waals surface area contributed by atoms with Crippen molar-refractivity contribution in [2.45, 2.75) is 35.8 Å². The molecule has 0 radical (unpaired) electrons. The zero-order chi connectivity index (χ0) is 15.5. The van der Waals surface area contributed by atoms with Gasteiger partial charge in [0.1, 0.15) is 21.4 Å². The van der Waals surface area contributed by atoms with E-state index < -0.39 is 9.84 Å². The van der Waals surface area contributed by atoms with Gasteiger partial charge in [-0.3, -0.25) is 4.79 Å². The summed E-state index contributed by atoms with van der Waals surface area (Å²) in [6, 6.07) is 6.14. The molecule has 2 atom stereocenters. The lowest BCUT2D eigenvalue weighted by atomic mass is 9.86. The summed E-state index contributed by atoms with van der Waals surface area (Å²) in [4.78, 5) is 12.9. The number of benzene rings is 1. The van der Waals surface area contributed by atoms with Crippen molar-refractivity contribution in [3.05, 3.63) is 30.1 Å². The molecule has 1 aliphatic carbocycles. The Kier molecular flexibility index (Phi) is 5.43. The van der Waals surface area contributed by atoms with E-state index >= 15 is 0 Å². The molecule has 0 aromatic heterocycles. The molecule has 2 rings (SSSR count). The van der Waals surface area contributed by atoms with Gasteiger partial charge in [0.2, 0.25) is 0 Å². The van der Waals surface area contributed by atoms with Crippen LogP contribution in [0, 0.1) is 11.7 Å². The van der Waals surface area contributed by atoms with Gasteiger partial charge in [-0.1, -0.05) is 12.5 Å². The highest BCUT2D eigenvalue weighted by Gasteiger charge is 2.32. The fraction of sp³-hybridized carbons (Fsp3) is 0.533. The number of rotatable bonds is 5. The topological polar surface area (TPSA) is 51.2 Å². The van der Waals surface area contributed by atoms with Gasteiger partial charge in [-0.15, -0.1) is 11.8 Å².